The summed E-state index contributed by atoms with van der Waals surface area (Å²) in [5.74, 6) is -0.0367. The number of hydrogen-bond acceptors (Lipinski definition) is 4. The lowest BCUT2D eigenvalue weighted by atomic mass is 9.87. The van der Waals surface area contributed by atoms with Crippen molar-refractivity contribution in [2.24, 2.45) is 5.92 Å². The van der Waals surface area contributed by atoms with Gasteiger partial charge >= 0.3 is 0 Å². The first-order valence-corrected chi connectivity index (χ1v) is 8.90. The Bertz CT molecular complexity index is 619. The van der Waals surface area contributed by atoms with Crippen LogP contribution in [0.25, 0.3) is 0 Å². The van der Waals surface area contributed by atoms with Crippen molar-refractivity contribution < 1.29 is 13.5 Å². The van der Waals surface area contributed by atoms with E-state index >= 15 is 0 Å². The molecule has 4 N–H and O–H groups in total. The molecule has 1 aromatic rings. The van der Waals surface area contributed by atoms with Crippen LogP contribution in [-0.2, 0) is 10.0 Å². The van der Waals surface area contributed by atoms with Crippen molar-refractivity contribution >= 4 is 27.3 Å². The van der Waals surface area contributed by atoms with Crippen molar-refractivity contribution in [2.75, 3.05) is 12.3 Å². The fourth-order valence-corrected chi connectivity index (χ4v) is 4.36. The Balaban J connectivity index is 2.15. The van der Waals surface area contributed by atoms with E-state index in [4.69, 9.17) is 17.3 Å². The summed E-state index contributed by atoms with van der Waals surface area (Å²) >= 11 is 5.89. The average Bonchev–Trinajstić information content (AvgIpc) is 2.42. The second-order valence-corrected chi connectivity index (χ2v) is 7.75. The highest BCUT2D eigenvalue weighted by Gasteiger charge is 2.26. The molecule has 118 valence electrons. The van der Waals surface area contributed by atoms with Crippen LogP contribution in [-0.4, -0.2) is 26.2 Å². The summed E-state index contributed by atoms with van der Waals surface area (Å²) in [6, 6.07) is 2.92. The van der Waals surface area contributed by atoms with E-state index in [1.807, 2.05) is 0 Å². The van der Waals surface area contributed by atoms with Crippen molar-refractivity contribution in [1.82, 2.24) is 4.72 Å². The van der Waals surface area contributed by atoms with Crippen LogP contribution in [0, 0.1) is 12.8 Å². The predicted octanol–water partition coefficient (Wildman–Crippen LogP) is 2.06. The molecule has 1 aromatic carbocycles. The third-order valence-electron chi connectivity index (χ3n) is 4.06. The Hall–Kier alpha value is -0.820. The van der Waals surface area contributed by atoms with Gasteiger partial charge in [0.25, 0.3) is 0 Å². The number of anilines is 1. The fourth-order valence-electron chi connectivity index (χ4n) is 2.67. The van der Waals surface area contributed by atoms with Gasteiger partial charge in [-0.3, -0.25) is 0 Å². The van der Waals surface area contributed by atoms with Crippen LogP contribution >= 0.6 is 11.6 Å². The van der Waals surface area contributed by atoms with E-state index in [0.717, 1.165) is 25.7 Å². The molecule has 0 amide bonds. The number of nitrogens with two attached hydrogens (primary N) is 1. The van der Waals surface area contributed by atoms with Crippen LogP contribution in [0.3, 0.4) is 0 Å². The SMILES string of the molecule is Cc1c(N)cc(Cl)cc1S(=O)(=O)NCC1CCCCC1O. The highest BCUT2D eigenvalue weighted by Crippen LogP contribution is 2.27. The van der Waals surface area contributed by atoms with Gasteiger partial charge in [0.2, 0.25) is 10.0 Å². The predicted molar refractivity (Wildman–Crippen MR) is 83.8 cm³/mol. The van der Waals surface area contributed by atoms with Crippen LogP contribution in [0.5, 0.6) is 0 Å². The number of halogens is 1. The molecule has 0 aromatic heterocycles. The Kier molecular flexibility index (Phi) is 5.14. The van der Waals surface area contributed by atoms with E-state index in [1.54, 1.807) is 6.92 Å². The van der Waals surface area contributed by atoms with E-state index in [0.29, 0.717) is 11.3 Å². The lowest BCUT2D eigenvalue weighted by Gasteiger charge is -2.27. The molecule has 2 atom stereocenters. The van der Waals surface area contributed by atoms with E-state index in [-0.39, 0.29) is 22.4 Å². The minimum atomic E-state index is -3.68. The Labute approximate surface area is 130 Å². The fraction of sp³-hybridized carbons (Fsp3) is 0.571. The van der Waals surface area contributed by atoms with E-state index < -0.39 is 16.1 Å². The van der Waals surface area contributed by atoms with Crippen molar-refractivity contribution in [1.29, 1.82) is 0 Å². The molecule has 0 aliphatic heterocycles. The Morgan fingerprint density at radius 2 is 2.05 bits per heavy atom. The quantitative estimate of drug-likeness (QED) is 0.736. The first-order valence-electron chi connectivity index (χ1n) is 7.04. The molecule has 0 heterocycles. The molecule has 5 nitrogen and oxygen atoms in total. The minimum absolute atomic E-state index is 0.0367. The standard InChI is InChI=1S/C14H21ClN2O3S/c1-9-12(16)6-11(15)7-14(9)21(19,20)17-8-10-4-2-3-5-13(10)18/h6-7,10,13,17-18H,2-5,8,16H2,1H3. The monoisotopic (exact) mass is 332 g/mol. The van der Waals surface area contributed by atoms with Crippen LogP contribution in [0.1, 0.15) is 31.2 Å². The van der Waals surface area contributed by atoms with Crippen LogP contribution in [0.2, 0.25) is 5.02 Å². The molecular formula is C14H21ClN2O3S. The lowest BCUT2D eigenvalue weighted by Crippen LogP contribution is -2.36. The number of rotatable bonds is 4. The normalized spacial score (nSPS) is 23.2. The molecular weight excluding hydrogens is 312 g/mol. The van der Waals surface area contributed by atoms with E-state index in [1.165, 1.54) is 12.1 Å². The second-order valence-electron chi connectivity index (χ2n) is 5.58. The largest absolute Gasteiger partial charge is 0.398 e. The minimum Gasteiger partial charge on any atom is -0.398 e. The molecule has 0 spiro atoms. The van der Waals surface area contributed by atoms with Crippen LogP contribution < -0.4 is 10.5 Å². The molecule has 21 heavy (non-hydrogen) atoms. The number of nitrogen functional groups attached to an aromatic ring is 1. The molecule has 1 aliphatic rings. The molecule has 2 rings (SSSR count). The summed E-state index contributed by atoms with van der Waals surface area (Å²) < 4.78 is 27.4. The van der Waals surface area contributed by atoms with E-state index in [2.05, 4.69) is 4.72 Å². The maximum Gasteiger partial charge on any atom is 0.240 e. The van der Waals surface area contributed by atoms with Gasteiger partial charge in [-0.25, -0.2) is 13.1 Å². The molecule has 7 heteroatoms. The van der Waals surface area contributed by atoms with Gasteiger partial charge in [0, 0.05) is 17.3 Å². The lowest BCUT2D eigenvalue weighted by molar-refractivity contribution is 0.0724. The number of sulfonamides is 1. The first-order chi connectivity index (χ1) is 9.81. The van der Waals surface area contributed by atoms with Gasteiger partial charge < -0.3 is 10.8 Å². The molecule has 0 saturated heterocycles. The van der Waals surface area contributed by atoms with Crippen molar-refractivity contribution in [3.63, 3.8) is 0 Å². The maximum absolute atomic E-state index is 12.4. The van der Waals surface area contributed by atoms with E-state index in [9.17, 15) is 13.5 Å². The molecule has 1 fully saturated rings. The first kappa shape index (κ1) is 16.5. The van der Waals surface area contributed by atoms with Gasteiger partial charge in [0.1, 0.15) is 0 Å². The summed E-state index contributed by atoms with van der Waals surface area (Å²) in [5, 5.41) is 10.2. The summed E-state index contributed by atoms with van der Waals surface area (Å²) in [5.41, 5.74) is 6.59. The van der Waals surface area contributed by atoms with Crippen molar-refractivity contribution in [3.05, 3.63) is 22.7 Å². The summed E-state index contributed by atoms with van der Waals surface area (Å²) in [6.07, 6.45) is 3.14. The van der Waals surface area contributed by atoms with Crippen molar-refractivity contribution in [2.45, 2.75) is 43.6 Å². The smallest absolute Gasteiger partial charge is 0.240 e. The van der Waals surface area contributed by atoms with Gasteiger partial charge in [-0.05, 0) is 43.4 Å². The number of nitrogens with one attached hydrogen (secondary N) is 1. The Morgan fingerprint density at radius 3 is 2.71 bits per heavy atom. The molecule has 0 radical (unpaired) electrons. The number of aliphatic hydroxyl groups is 1. The summed E-state index contributed by atoms with van der Waals surface area (Å²) in [7, 11) is -3.68. The average molecular weight is 333 g/mol. The number of benzene rings is 1. The highest BCUT2D eigenvalue weighted by molar-refractivity contribution is 7.89. The van der Waals surface area contributed by atoms with Crippen LogP contribution in [0.4, 0.5) is 5.69 Å². The number of hydrogen-bond donors (Lipinski definition) is 3. The van der Waals surface area contributed by atoms with Gasteiger partial charge in [-0.1, -0.05) is 24.4 Å². The zero-order valence-corrected chi connectivity index (χ0v) is 13.5. The van der Waals surface area contributed by atoms with Gasteiger partial charge in [0.15, 0.2) is 0 Å². The van der Waals surface area contributed by atoms with Gasteiger partial charge in [0.05, 0.1) is 11.0 Å². The molecule has 1 aliphatic carbocycles. The molecule has 2 unspecified atom stereocenters. The number of aliphatic hydroxyl groups excluding tert-OH is 1. The maximum atomic E-state index is 12.4. The van der Waals surface area contributed by atoms with Gasteiger partial charge in [-0.15, -0.1) is 0 Å². The highest BCUT2D eigenvalue weighted by atomic mass is 35.5. The van der Waals surface area contributed by atoms with Crippen LogP contribution in [0.15, 0.2) is 17.0 Å². The van der Waals surface area contributed by atoms with Gasteiger partial charge in [-0.2, -0.15) is 0 Å². The summed E-state index contributed by atoms with van der Waals surface area (Å²) in [6.45, 7) is 1.88. The molecule has 0 bridgehead atoms. The summed E-state index contributed by atoms with van der Waals surface area (Å²) in [4.78, 5) is 0.0952. The third-order valence-corrected chi connectivity index (χ3v) is 5.83. The Morgan fingerprint density at radius 1 is 1.38 bits per heavy atom. The van der Waals surface area contributed by atoms with Crippen molar-refractivity contribution in [3.8, 4) is 0 Å². The third kappa shape index (κ3) is 3.88. The zero-order valence-electron chi connectivity index (χ0n) is 12.0. The zero-order chi connectivity index (χ0) is 15.6. The topological polar surface area (TPSA) is 92.4 Å². The second kappa shape index (κ2) is 6.52. The molecule has 1 saturated carbocycles.